The molecule has 0 spiro atoms. The maximum atomic E-state index is 10.9. The minimum absolute atomic E-state index is 0.837. The molecule has 0 saturated heterocycles. The first-order chi connectivity index (χ1) is 20.6. The number of thioether (sulfide) groups is 1. The summed E-state index contributed by atoms with van der Waals surface area (Å²) in [6.45, 7) is 10.5. The van der Waals surface area contributed by atoms with Crippen LogP contribution in [-0.4, -0.2) is 23.8 Å². The summed E-state index contributed by atoms with van der Waals surface area (Å²) >= 11 is 1.78. The lowest BCUT2D eigenvalue weighted by molar-refractivity contribution is 0.414. The molecule has 0 aliphatic rings. The maximum Gasteiger partial charge on any atom is 0.118 e. The molecule has 0 aliphatic heterocycles. The second kappa shape index (κ2) is 19.6. The number of hydrogen-bond donors (Lipinski definition) is 0. The number of aryl methyl sites for hydroxylation is 5. The van der Waals surface area contributed by atoms with E-state index in [1.54, 1.807) is 25.1 Å². The number of benzene rings is 5. The van der Waals surface area contributed by atoms with Crippen molar-refractivity contribution in [1.82, 2.24) is 0 Å². The molecule has 0 radical (unpaired) electrons. The highest BCUT2D eigenvalue weighted by Gasteiger charge is 1.97. The summed E-state index contributed by atoms with van der Waals surface area (Å²) in [6, 6.07) is 41.7. The molecule has 1 unspecified atom stereocenters. The van der Waals surface area contributed by atoms with Crippen molar-refractivity contribution in [3.05, 3.63) is 149 Å². The third kappa shape index (κ3) is 13.9. The first-order valence-electron chi connectivity index (χ1n) is 14.4. The van der Waals surface area contributed by atoms with Crippen molar-refractivity contribution < 1.29 is 8.95 Å². The normalized spacial score (nSPS) is 10.5. The molecule has 0 saturated carbocycles. The fourth-order valence-electron chi connectivity index (χ4n) is 3.76. The molecule has 0 fully saturated rings. The van der Waals surface area contributed by atoms with Crippen LogP contribution in [0.5, 0.6) is 5.75 Å². The van der Waals surface area contributed by atoms with Crippen LogP contribution in [0.1, 0.15) is 34.7 Å². The quantitative estimate of drug-likeness (QED) is 0.185. The first-order valence-corrected chi connectivity index (χ1v) is 17.2. The van der Waals surface area contributed by atoms with E-state index in [0.717, 1.165) is 17.1 Å². The molecule has 5 rings (SSSR count). The van der Waals surface area contributed by atoms with E-state index in [0.29, 0.717) is 0 Å². The van der Waals surface area contributed by atoms with Gasteiger partial charge in [0.05, 0.1) is 7.11 Å². The molecule has 0 aliphatic carbocycles. The second-order valence-electron chi connectivity index (χ2n) is 10.2. The lowest BCUT2D eigenvalue weighted by Crippen LogP contribution is -1.85. The summed E-state index contributed by atoms with van der Waals surface area (Å²) in [5.41, 5.74) is 9.10. The fourth-order valence-corrected chi connectivity index (χ4v) is 4.69. The molecular weight excluding hydrogens is 565 g/mol. The Bertz CT molecular complexity index is 1430. The van der Waals surface area contributed by atoms with Gasteiger partial charge >= 0.3 is 0 Å². The predicted octanol–water partition coefficient (Wildman–Crippen LogP) is 10.7. The third-order valence-corrected chi connectivity index (χ3v) is 8.29. The molecule has 43 heavy (non-hydrogen) atoms. The molecule has 0 bridgehead atoms. The highest BCUT2D eigenvalue weighted by Crippen LogP contribution is 2.23. The van der Waals surface area contributed by atoms with Crippen molar-refractivity contribution in [2.75, 3.05) is 19.6 Å². The van der Waals surface area contributed by atoms with Crippen molar-refractivity contribution >= 4 is 22.6 Å². The number of hydrogen-bond acceptors (Lipinski definition) is 3. The van der Waals surface area contributed by atoms with Gasteiger partial charge in [-0.1, -0.05) is 114 Å². The molecule has 226 valence electrons. The molecule has 0 heterocycles. The Kier molecular flexibility index (Phi) is 16.2. The van der Waals surface area contributed by atoms with E-state index in [1.165, 1.54) is 43.8 Å². The minimum Gasteiger partial charge on any atom is -0.497 e. The summed E-state index contributed by atoms with van der Waals surface area (Å²) < 4.78 is 15.8. The van der Waals surface area contributed by atoms with E-state index in [2.05, 4.69) is 107 Å². The molecule has 0 N–H and O–H groups in total. The minimum atomic E-state index is -0.837. The van der Waals surface area contributed by atoms with Gasteiger partial charge in [0.1, 0.15) is 5.75 Å². The molecule has 5 aromatic carbocycles. The van der Waals surface area contributed by atoms with E-state index < -0.39 is 10.8 Å². The Morgan fingerprint density at radius 2 is 0.953 bits per heavy atom. The Labute approximate surface area is 267 Å². The SMILES string of the molecule is CCc1ccc(C)cc1.COc1ccc(C)cc1.CSc1ccc(-c2ccc(C)cc2)cc1.Cc1ccc(S(C)=O)cc1. The molecule has 2 nitrogen and oxygen atoms in total. The zero-order valence-corrected chi connectivity index (χ0v) is 28.5. The van der Waals surface area contributed by atoms with Crippen LogP contribution in [0.15, 0.2) is 131 Å². The highest BCUT2D eigenvalue weighted by molar-refractivity contribution is 7.98. The van der Waals surface area contributed by atoms with Crippen molar-refractivity contribution in [3.8, 4) is 16.9 Å². The van der Waals surface area contributed by atoms with Gasteiger partial charge < -0.3 is 4.74 Å². The average Bonchev–Trinajstić information content (AvgIpc) is 3.03. The Hall–Kier alpha value is -3.60. The maximum absolute atomic E-state index is 10.9. The number of rotatable bonds is 5. The molecule has 0 amide bonds. The molecule has 5 aromatic rings. The van der Waals surface area contributed by atoms with Gasteiger partial charge in [-0.25, -0.2) is 0 Å². The average molecular weight is 611 g/mol. The summed E-state index contributed by atoms with van der Waals surface area (Å²) in [5.74, 6) is 0.917. The summed E-state index contributed by atoms with van der Waals surface area (Å²) in [5, 5.41) is 0. The van der Waals surface area contributed by atoms with Gasteiger partial charge in [0.15, 0.2) is 0 Å². The van der Waals surface area contributed by atoms with Gasteiger partial charge in [0.25, 0.3) is 0 Å². The summed E-state index contributed by atoms with van der Waals surface area (Å²) in [4.78, 5) is 2.21. The van der Waals surface area contributed by atoms with E-state index in [4.69, 9.17) is 4.74 Å². The van der Waals surface area contributed by atoms with Gasteiger partial charge in [0, 0.05) is 26.8 Å². The number of ether oxygens (including phenoxy) is 1. The van der Waals surface area contributed by atoms with Crippen LogP contribution >= 0.6 is 11.8 Å². The van der Waals surface area contributed by atoms with Crippen molar-refractivity contribution in [1.29, 1.82) is 0 Å². The summed E-state index contributed by atoms with van der Waals surface area (Å²) in [6.07, 6.45) is 4.92. The Balaban J connectivity index is 0.000000206. The largest absolute Gasteiger partial charge is 0.497 e. The van der Waals surface area contributed by atoms with Gasteiger partial charge in [-0.3, -0.25) is 4.21 Å². The Morgan fingerprint density at radius 1 is 0.581 bits per heavy atom. The van der Waals surface area contributed by atoms with Crippen LogP contribution in [0.25, 0.3) is 11.1 Å². The van der Waals surface area contributed by atoms with Crippen molar-refractivity contribution in [3.63, 3.8) is 0 Å². The second-order valence-corrected chi connectivity index (χ2v) is 12.5. The van der Waals surface area contributed by atoms with E-state index in [9.17, 15) is 4.21 Å². The van der Waals surface area contributed by atoms with Crippen LogP contribution in [0, 0.1) is 27.7 Å². The highest BCUT2D eigenvalue weighted by atomic mass is 32.2. The van der Waals surface area contributed by atoms with Crippen molar-refractivity contribution in [2.45, 2.75) is 50.8 Å². The Morgan fingerprint density at radius 3 is 1.33 bits per heavy atom. The predicted molar refractivity (Wildman–Crippen MR) is 190 cm³/mol. The van der Waals surface area contributed by atoms with Gasteiger partial charge in [-0.05, 0) is 93.5 Å². The van der Waals surface area contributed by atoms with E-state index in [-0.39, 0.29) is 0 Å². The monoisotopic (exact) mass is 610 g/mol. The van der Waals surface area contributed by atoms with Crippen molar-refractivity contribution in [2.24, 2.45) is 0 Å². The van der Waals surface area contributed by atoms with E-state index >= 15 is 0 Å². The van der Waals surface area contributed by atoms with Crippen LogP contribution in [0.3, 0.4) is 0 Å². The van der Waals surface area contributed by atoms with Gasteiger partial charge in [-0.2, -0.15) is 0 Å². The zero-order chi connectivity index (χ0) is 31.6. The summed E-state index contributed by atoms with van der Waals surface area (Å²) in [7, 11) is 0.834. The fraction of sp³-hybridized carbons (Fsp3) is 0.231. The zero-order valence-electron chi connectivity index (χ0n) is 26.9. The standard InChI is InChI=1S/C14H14S.C9H12.C8H10OS.C8H10O/c1-11-3-5-12(6-4-11)13-7-9-14(15-2)10-8-13;1-3-9-6-4-8(2)5-7-9;1-7-3-5-8(6-4-7)10(2)9;1-7-3-5-8(9-2)6-4-7/h3-10H,1-2H3;4-7H,3H2,1-2H3;3-6H,1-2H3;3-6H,1-2H3. The third-order valence-electron chi connectivity index (χ3n) is 6.61. The lowest BCUT2D eigenvalue weighted by Gasteiger charge is -2.03. The topological polar surface area (TPSA) is 26.3 Å². The van der Waals surface area contributed by atoms with Crippen LogP contribution in [0.4, 0.5) is 0 Å². The molecular formula is C39H46O2S2. The van der Waals surface area contributed by atoms with Crippen LogP contribution in [0.2, 0.25) is 0 Å². The lowest BCUT2D eigenvalue weighted by atomic mass is 10.0. The van der Waals surface area contributed by atoms with Crippen LogP contribution in [-0.2, 0) is 17.2 Å². The van der Waals surface area contributed by atoms with Crippen LogP contribution < -0.4 is 4.74 Å². The molecule has 4 heteroatoms. The van der Waals surface area contributed by atoms with Gasteiger partial charge in [-0.15, -0.1) is 11.8 Å². The molecule has 0 aromatic heterocycles. The first kappa shape index (κ1) is 35.6. The van der Waals surface area contributed by atoms with E-state index in [1.807, 2.05) is 55.5 Å². The molecule has 1 atom stereocenters. The smallest absolute Gasteiger partial charge is 0.118 e. The van der Waals surface area contributed by atoms with Gasteiger partial charge in [0.2, 0.25) is 0 Å². The number of methoxy groups -OCH3 is 1.